The molecule has 0 aliphatic carbocycles. The number of hydrogen-bond acceptors (Lipinski definition) is 0. The zero-order chi connectivity index (χ0) is 10.9. The van der Waals surface area contributed by atoms with Gasteiger partial charge in [-0.25, -0.2) is 0 Å². The molecule has 0 N–H and O–H groups in total. The van der Waals surface area contributed by atoms with Crippen LogP contribution >= 0.6 is 0 Å². The lowest BCUT2D eigenvalue weighted by Gasteiger charge is -2.09. The van der Waals surface area contributed by atoms with Crippen molar-refractivity contribution in [1.82, 2.24) is 0 Å². The maximum Gasteiger partial charge on any atom is 0.0839 e. The lowest BCUT2D eigenvalue weighted by atomic mass is 10.1. The smallest absolute Gasteiger partial charge is 0.0654 e. The van der Waals surface area contributed by atoms with Crippen molar-refractivity contribution in [2.75, 3.05) is 0 Å². The van der Waals surface area contributed by atoms with Crippen LogP contribution in [0.2, 0.25) is 5.54 Å². The van der Waals surface area contributed by atoms with E-state index in [0.29, 0.717) is 0 Å². The summed E-state index contributed by atoms with van der Waals surface area (Å²) in [6.07, 6.45) is 6.97. The maximum absolute atomic E-state index is 2.39. The van der Waals surface area contributed by atoms with Crippen molar-refractivity contribution in [3.8, 4) is 0 Å². The summed E-state index contributed by atoms with van der Waals surface area (Å²) in [6, 6.07) is 10.9. The molecule has 0 aromatic heterocycles. The predicted octanol–water partition coefficient (Wildman–Crippen LogP) is 3.79. The Kier molecular flexibility index (Phi) is 6.41. The highest BCUT2D eigenvalue weighted by molar-refractivity contribution is 6.54. The second-order valence-corrected chi connectivity index (χ2v) is 6.11. The van der Waals surface area contributed by atoms with Gasteiger partial charge in [0.1, 0.15) is 0 Å². The Morgan fingerprint density at radius 2 is 1.80 bits per heavy atom. The Bertz CT molecular complexity index is 243. The molecule has 0 saturated heterocycles. The minimum absolute atomic E-state index is 0.865. The molecule has 0 nitrogen and oxygen atoms in total. The van der Waals surface area contributed by atoms with Crippen molar-refractivity contribution in [1.29, 1.82) is 0 Å². The first-order valence-corrected chi connectivity index (χ1v) is 7.22. The third-order valence-corrected chi connectivity index (χ3v) is 4.13. The largest absolute Gasteiger partial charge is 0.0839 e. The van der Waals surface area contributed by atoms with Crippen LogP contribution in [-0.2, 0) is 0 Å². The van der Waals surface area contributed by atoms with Crippen molar-refractivity contribution < 1.29 is 0 Å². The van der Waals surface area contributed by atoms with Crippen LogP contribution in [0, 0.1) is 0 Å². The van der Waals surface area contributed by atoms with Gasteiger partial charge in [0, 0.05) is 0 Å². The van der Waals surface area contributed by atoms with Crippen LogP contribution in [0.5, 0.6) is 0 Å². The molecule has 0 fully saturated rings. The second-order valence-electron chi connectivity index (χ2n) is 4.26. The van der Waals surface area contributed by atoms with Crippen molar-refractivity contribution in [2.45, 2.75) is 51.5 Å². The molecule has 0 aliphatic heterocycles. The van der Waals surface area contributed by atoms with Gasteiger partial charge in [0.05, 0.1) is 9.52 Å². The summed E-state index contributed by atoms with van der Waals surface area (Å²) in [7, 11) is 0.990. The summed E-state index contributed by atoms with van der Waals surface area (Å²) in [5.41, 5.74) is 0.865. The van der Waals surface area contributed by atoms with Gasteiger partial charge in [-0.05, 0) is 5.54 Å². The Morgan fingerprint density at radius 1 is 1.07 bits per heavy atom. The van der Waals surface area contributed by atoms with Gasteiger partial charge in [-0.1, -0.05) is 81.5 Å². The molecule has 1 atom stereocenters. The van der Waals surface area contributed by atoms with Crippen LogP contribution in [0.3, 0.4) is 0 Å². The number of hydrogen-bond donors (Lipinski definition) is 0. The van der Waals surface area contributed by atoms with E-state index < -0.39 is 0 Å². The Hall–Kier alpha value is -0.563. The minimum Gasteiger partial charge on any atom is -0.0654 e. The summed E-state index contributed by atoms with van der Waals surface area (Å²) >= 11 is 0. The van der Waals surface area contributed by atoms with Gasteiger partial charge in [0.25, 0.3) is 0 Å². The third-order valence-electron chi connectivity index (χ3n) is 2.68. The average Bonchev–Trinajstić information content (AvgIpc) is 2.26. The Balaban J connectivity index is 2.16. The van der Waals surface area contributed by atoms with E-state index in [9.17, 15) is 0 Å². The van der Waals surface area contributed by atoms with Crippen molar-refractivity contribution in [2.24, 2.45) is 0 Å². The van der Waals surface area contributed by atoms with Crippen molar-refractivity contribution in [3.05, 3.63) is 30.3 Å². The average molecular weight is 218 g/mol. The zero-order valence-corrected chi connectivity index (χ0v) is 11.0. The van der Waals surface area contributed by atoms with Crippen LogP contribution in [0.4, 0.5) is 0 Å². The normalized spacial score (nSPS) is 12.7. The Morgan fingerprint density at radius 3 is 2.47 bits per heavy atom. The molecule has 1 aromatic carbocycles. The molecule has 0 spiro atoms. The van der Waals surface area contributed by atoms with Crippen molar-refractivity contribution in [3.63, 3.8) is 0 Å². The number of benzene rings is 1. The second kappa shape index (κ2) is 7.69. The van der Waals surface area contributed by atoms with E-state index in [1.165, 1.54) is 37.3 Å². The summed E-state index contributed by atoms with van der Waals surface area (Å²) in [5.74, 6) is 0. The fourth-order valence-electron chi connectivity index (χ4n) is 1.77. The topological polar surface area (TPSA) is 0 Å². The zero-order valence-electron chi connectivity index (χ0n) is 10.00. The highest BCUT2D eigenvalue weighted by Gasteiger charge is 2.04. The molecule has 1 rings (SSSR count). The maximum atomic E-state index is 2.39. The molecule has 0 amide bonds. The molecule has 0 saturated carbocycles. The van der Waals surface area contributed by atoms with Crippen LogP contribution in [0.1, 0.15) is 46.0 Å². The molecule has 0 unspecified atom stereocenters. The minimum atomic E-state index is 0.865. The van der Waals surface area contributed by atoms with Gasteiger partial charge in [-0.15, -0.1) is 0 Å². The van der Waals surface area contributed by atoms with E-state index in [-0.39, 0.29) is 0 Å². The lowest BCUT2D eigenvalue weighted by molar-refractivity contribution is 0.623. The molecule has 0 heterocycles. The molecular formula is C14H22Si. The SMILES string of the molecule is CCCCCC[C@H](C)[Si]c1ccccc1. The monoisotopic (exact) mass is 218 g/mol. The fourth-order valence-corrected chi connectivity index (χ4v) is 3.07. The molecule has 0 bridgehead atoms. The first-order chi connectivity index (χ1) is 7.33. The number of unbranched alkanes of at least 4 members (excludes halogenated alkanes) is 3. The summed E-state index contributed by atoms with van der Waals surface area (Å²) < 4.78 is 0. The lowest BCUT2D eigenvalue weighted by Crippen LogP contribution is -2.17. The Labute approximate surface area is 96.9 Å². The fraction of sp³-hybridized carbons (Fsp3) is 0.571. The van der Waals surface area contributed by atoms with E-state index in [0.717, 1.165) is 15.1 Å². The van der Waals surface area contributed by atoms with Crippen LogP contribution in [-0.4, -0.2) is 9.52 Å². The quantitative estimate of drug-likeness (QED) is 0.482. The van der Waals surface area contributed by atoms with E-state index in [2.05, 4.69) is 44.2 Å². The molecule has 15 heavy (non-hydrogen) atoms. The van der Waals surface area contributed by atoms with E-state index in [4.69, 9.17) is 0 Å². The molecule has 1 aromatic rings. The van der Waals surface area contributed by atoms with Crippen LogP contribution < -0.4 is 5.19 Å². The molecule has 82 valence electrons. The van der Waals surface area contributed by atoms with Crippen LogP contribution in [0.25, 0.3) is 0 Å². The first-order valence-electron chi connectivity index (χ1n) is 6.14. The molecule has 2 radical (unpaired) electrons. The van der Waals surface area contributed by atoms with Gasteiger partial charge in [0.2, 0.25) is 0 Å². The van der Waals surface area contributed by atoms with E-state index >= 15 is 0 Å². The van der Waals surface area contributed by atoms with Gasteiger partial charge < -0.3 is 0 Å². The predicted molar refractivity (Wildman–Crippen MR) is 70.0 cm³/mol. The van der Waals surface area contributed by atoms with Crippen LogP contribution in [0.15, 0.2) is 30.3 Å². The van der Waals surface area contributed by atoms with Crippen molar-refractivity contribution >= 4 is 14.7 Å². The van der Waals surface area contributed by atoms with Gasteiger partial charge in [-0.2, -0.15) is 0 Å². The highest BCUT2D eigenvalue weighted by atomic mass is 28.2. The van der Waals surface area contributed by atoms with E-state index in [1.54, 1.807) is 0 Å². The number of rotatable bonds is 7. The summed E-state index contributed by atoms with van der Waals surface area (Å²) in [6.45, 7) is 4.66. The van der Waals surface area contributed by atoms with Gasteiger partial charge in [0.15, 0.2) is 0 Å². The third kappa shape index (κ3) is 5.78. The molecule has 0 aliphatic rings. The standard InChI is InChI=1S/C14H22Si/c1-3-4-5-7-10-13(2)15-14-11-8-6-9-12-14/h6,8-9,11-13H,3-5,7,10H2,1-2H3/t13-/m0/s1. The first kappa shape index (κ1) is 12.5. The highest BCUT2D eigenvalue weighted by Crippen LogP contribution is 2.13. The van der Waals surface area contributed by atoms with Gasteiger partial charge in [-0.3, -0.25) is 0 Å². The van der Waals surface area contributed by atoms with Gasteiger partial charge >= 0.3 is 0 Å². The molecular weight excluding hydrogens is 196 g/mol. The summed E-state index contributed by atoms with van der Waals surface area (Å²) in [5, 5.41) is 1.51. The molecule has 1 heteroatoms. The van der Waals surface area contributed by atoms with E-state index in [1.807, 2.05) is 0 Å². The summed E-state index contributed by atoms with van der Waals surface area (Å²) in [4.78, 5) is 0.